The molecule has 8 heteroatoms. The van der Waals surface area contributed by atoms with Crippen molar-refractivity contribution in [1.29, 1.82) is 0 Å². The van der Waals surface area contributed by atoms with Crippen molar-refractivity contribution in [3.05, 3.63) is 29.8 Å². The summed E-state index contributed by atoms with van der Waals surface area (Å²) in [4.78, 5) is 12.8. The summed E-state index contributed by atoms with van der Waals surface area (Å²) in [6.45, 7) is 8.22. The summed E-state index contributed by atoms with van der Waals surface area (Å²) >= 11 is 0. The number of fused-ring (bicyclic) bond motifs is 2. The van der Waals surface area contributed by atoms with Crippen LogP contribution in [-0.4, -0.2) is 50.6 Å². The quantitative estimate of drug-likeness (QED) is 0.760. The van der Waals surface area contributed by atoms with Gasteiger partial charge in [0.25, 0.3) is 5.91 Å². The number of hydrogen-bond acceptors (Lipinski definition) is 5. The van der Waals surface area contributed by atoms with Crippen LogP contribution in [0.3, 0.4) is 0 Å². The monoisotopic (exact) mass is 419 g/mol. The number of benzene rings is 1. The molecule has 1 aromatic carbocycles. The number of ether oxygens (including phenoxy) is 1. The van der Waals surface area contributed by atoms with Crippen LogP contribution in [0.2, 0.25) is 0 Å². The number of nitrogens with one attached hydrogen (secondary N) is 1. The van der Waals surface area contributed by atoms with Crippen LogP contribution in [0.1, 0.15) is 50.4 Å². The molecule has 2 bridgehead atoms. The molecule has 0 aromatic heterocycles. The zero-order valence-corrected chi connectivity index (χ0v) is 18.1. The largest absolute Gasteiger partial charge is 0.379 e. The molecule has 2 saturated carbocycles. The fraction of sp³-hybridized carbons (Fsp3) is 0.619. The van der Waals surface area contributed by atoms with E-state index in [9.17, 15) is 13.2 Å². The van der Waals surface area contributed by atoms with Crippen LogP contribution in [0.25, 0.3) is 0 Å². The summed E-state index contributed by atoms with van der Waals surface area (Å²) < 4.78 is 32.3. The molecular formula is C21H29N3O4S. The maximum absolute atomic E-state index is 12.8. The Balaban J connectivity index is 1.51. The minimum absolute atomic E-state index is 0.00642. The number of hydrazone groups is 1. The van der Waals surface area contributed by atoms with Crippen molar-refractivity contribution in [2.45, 2.75) is 44.9 Å². The Bertz CT molecular complexity index is 950. The van der Waals surface area contributed by atoms with E-state index in [0.29, 0.717) is 32.2 Å². The molecule has 1 saturated heterocycles. The van der Waals surface area contributed by atoms with E-state index in [-0.39, 0.29) is 27.2 Å². The molecule has 7 nitrogen and oxygen atoms in total. The van der Waals surface area contributed by atoms with E-state index < -0.39 is 10.0 Å². The average molecular weight is 420 g/mol. The van der Waals surface area contributed by atoms with Crippen LogP contribution in [0.5, 0.6) is 0 Å². The van der Waals surface area contributed by atoms with Gasteiger partial charge in [-0.1, -0.05) is 26.8 Å². The Morgan fingerprint density at radius 1 is 1.24 bits per heavy atom. The van der Waals surface area contributed by atoms with Gasteiger partial charge in [-0.05, 0) is 48.8 Å². The molecule has 1 aromatic rings. The van der Waals surface area contributed by atoms with E-state index in [1.807, 2.05) is 0 Å². The van der Waals surface area contributed by atoms with Gasteiger partial charge in [-0.15, -0.1) is 0 Å². The molecule has 1 heterocycles. The molecule has 1 aliphatic heterocycles. The van der Waals surface area contributed by atoms with Crippen molar-refractivity contribution in [3.63, 3.8) is 0 Å². The Morgan fingerprint density at radius 2 is 1.97 bits per heavy atom. The summed E-state index contributed by atoms with van der Waals surface area (Å²) in [5.41, 5.74) is 4.19. The molecular weight excluding hydrogens is 390 g/mol. The molecule has 2 aliphatic carbocycles. The zero-order valence-electron chi connectivity index (χ0n) is 17.3. The van der Waals surface area contributed by atoms with Crippen molar-refractivity contribution in [2.24, 2.45) is 21.8 Å². The lowest BCUT2D eigenvalue weighted by molar-refractivity contribution is 0.0730. The minimum atomic E-state index is -3.64. The smallest absolute Gasteiger partial charge is 0.271 e. The number of carbonyl (C=O) groups is 1. The van der Waals surface area contributed by atoms with Crippen LogP contribution < -0.4 is 5.43 Å². The normalized spacial score (nSPS) is 30.6. The molecule has 29 heavy (non-hydrogen) atoms. The predicted octanol–water partition coefficient (Wildman–Crippen LogP) is 2.64. The Kier molecular flexibility index (Phi) is 5.07. The summed E-state index contributed by atoms with van der Waals surface area (Å²) in [6, 6.07) is 6.15. The van der Waals surface area contributed by atoms with Crippen molar-refractivity contribution >= 4 is 21.6 Å². The summed E-state index contributed by atoms with van der Waals surface area (Å²) in [7, 11) is -3.64. The van der Waals surface area contributed by atoms with Gasteiger partial charge < -0.3 is 4.74 Å². The standard InChI is InChI=1S/C21H29N3O4S/c1-20(2)16-7-8-21(20,3)18(14-16)22-23-19(25)15-5-4-6-17(13-15)29(26,27)24-9-11-28-12-10-24/h4-6,13,16H,7-12,14H2,1-3H3,(H,23,25)/b22-18+/t16-,21-/m0/s1. The second-order valence-corrected chi connectivity index (χ2v) is 11.0. The highest BCUT2D eigenvalue weighted by molar-refractivity contribution is 7.89. The molecule has 1 N–H and O–H groups in total. The van der Waals surface area contributed by atoms with Gasteiger partial charge in [0.15, 0.2) is 0 Å². The number of nitrogens with zero attached hydrogens (tertiary/aromatic N) is 2. The molecule has 0 radical (unpaired) electrons. The number of morpholine rings is 1. The van der Waals surface area contributed by atoms with Crippen molar-refractivity contribution in [1.82, 2.24) is 9.73 Å². The highest BCUT2D eigenvalue weighted by Crippen LogP contribution is 2.63. The predicted molar refractivity (Wildman–Crippen MR) is 110 cm³/mol. The Labute approximate surface area is 172 Å². The number of hydrogen-bond donors (Lipinski definition) is 1. The first-order valence-electron chi connectivity index (χ1n) is 10.2. The lowest BCUT2D eigenvalue weighted by Crippen LogP contribution is -2.40. The van der Waals surface area contributed by atoms with Crippen molar-refractivity contribution < 1.29 is 17.9 Å². The lowest BCUT2D eigenvalue weighted by Gasteiger charge is -2.34. The van der Waals surface area contributed by atoms with Gasteiger partial charge in [0.1, 0.15) is 0 Å². The lowest BCUT2D eigenvalue weighted by atomic mass is 9.70. The second kappa shape index (κ2) is 7.18. The fourth-order valence-electron chi connectivity index (χ4n) is 5.01. The van der Waals surface area contributed by atoms with Crippen LogP contribution >= 0.6 is 0 Å². The second-order valence-electron chi connectivity index (χ2n) is 9.04. The van der Waals surface area contributed by atoms with E-state index in [2.05, 4.69) is 31.3 Å². The molecule has 3 aliphatic rings. The molecule has 3 fully saturated rings. The van der Waals surface area contributed by atoms with E-state index >= 15 is 0 Å². The number of amides is 1. The Morgan fingerprint density at radius 3 is 2.59 bits per heavy atom. The SMILES string of the molecule is CC1(C)[C@H]2CC[C@@]1(C)/C(=N/NC(=O)c1cccc(S(=O)(=O)N3CCOCC3)c1)C2. The molecule has 0 spiro atoms. The maximum atomic E-state index is 12.8. The fourth-order valence-corrected chi connectivity index (χ4v) is 6.47. The van der Waals surface area contributed by atoms with E-state index in [4.69, 9.17) is 4.74 Å². The first-order valence-corrected chi connectivity index (χ1v) is 11.7. The molecule has 2 atom stereocenters. The average Bonchev–Trinajstić information content (AvgIpc) is 3.06. The van der Waals surface area contributed by atoms with E-state index in [0.717, 1.165) is 18.6 Å². The van der Waals surface area contributed by atoms with Crippen LogP contribution in [0, 0.1) is 16.7 Å². The number of rotatable bonds is 4. The zero-order chi connectivity index (χ0) is 20.9. The summed E-state index contributed by atoms with van der Waals surface area (Å²) in [6.07, 6.45) is 3.21. The molecule has 4 rings (SSSR count). The highest BCUT2D eigenvalue weighted by atomic mass is 32.2. The van der Waals surface area contributed by atoms with E-state index in [1.165, 1.54) is 22.9 Å². The first-order chi connectivity index (χ1) is 13.7. The van der Waals surface area contributed by atoms with Crippen LogP contribution in [0.15, 0.2) is 34.3 Å². The number of sulfonamides is 1. The first kappa shape index (κ1) is 20.5. The third-order valence-corrected chi connectivity index (χ3v) is 9.40. The maximum Gasteiger partial charge on any atom is 0.271 e. The minimum Gasteiger partial charge on any atom is -0.379 e. The van der Waals surface area contributed by atoms with Crippen molar-refractivity contribution in [2.75, 3.05) is 26.3 Å². The van der Waals surface area contributed by atoms with Gasteiger partial charge in [-0.3, -0.25) is 4.79 Å². The molecule has 0 unspecified atom stereocenters. The van der Waals surface area contributed by atoms with Gasteiger partial charge in [0, 0.05) is 29.8 Å². The summed E-state index contributed by atoms with van der Waals surface area (Å²) in [5, 5.41) is 4.47. The third-order valence-electron chi connectivity index (χ3n) is 7.51. The van der Waals surface area contributed by atoms with Crippen molar-refractivity contribution in [3.8, 4) is 0 Å². The van der Waals surface area contributed by atoms with Gasteiger partial charge in [0.2, 0.25) is 10.0 Å². The van der Waals surface area contributed by atoms with E-state index in [1.54, 1.807) is 12.1 Å². The van der Waals surface area contributed by atoms with Gasteiger partial charge in [0.05, 0.1) is 18.1 Å². The van der Waals surface area contributed by atoms with Crippen LogP contribution in [0.4, 0.5) is 0 Å². The van der Waals surface area contributed by atoms with Crippen LogP contribution in [-0.2, 0) is 14.8 Å². The molecule has 158 valence electrons. The van der Waals surface area contributed by atoms with Gasteiger partial charge in [-0.25, -0.2) is 13.8 Å². The van der Waals surface area contributed by atoms with Gasteiger partial charge in [-0.2, -0.15) is 9.41 Å². The third kappa shape index (κ3) is 3.31. The number of carbonyl (C=O) groups excluding carboxylic acids is 1. The summed E-state index contributed by atoms with van der Waals surface area (Å²) in [5.74, 6) is 0.214. The topological polar surface area (TPSA) is 88.1 Å². The highest BCUT2D eigenvalue weighted by Gasteiger charge is 2.60. The Hall–Kier alpha value is -1.77. The van der Waals surface area contributed by atoms with Gasteiger partial charge >= 0.3 is 0 Å². The molecule has 1 amide bonds.